The van der Waals surface area contributed by atoms with Crippen LogP contribution in [0.3, 0.4) is 0 Å². The van der Waals surface area contributed by atoms with E-state index in [-0.39, 0.29) is 17.2 Å². The predicted molar refractivity (Wildman–Crippen MR) is 73.1 cm³/mol. The Labute approximate surface area is 124 Å². The number of alkyl halides is 2. The molecule has 0 spiro atoms. The summed E-state index contributed by atoms with van der Waals surface area (Å²) >= 11 is 5.89. The van der Waals surface area contributed by atoms with Gasteiger partial charge in [-0.15, -0.1) is 0 Å². The molecule has 1 unspecified atom stereocenters. The first-order chi connectivity index (χ1) is 9.95. The van der Waals surface area contributed by atoms with Gasteiger partial charge in [0.2, 0.25) is 0 Å². The molecule has 1 atom stereocenters. The van der Waals surface area contributed by atoms with Crippen molar-refractivity contribution in [1.29, 1.82) is 0 Å². The van der Waals surface area contributed by atoms with Gasteiger partial charge in [-0.05, 0) is 35.4 Å². The molecular weight excluding hydrogens is 305 g/mol. The van der Waals surface area contributed by atoms with Crippen molar-refractivity contribution in [1.82, 2.24) is 0 Å². The van der Waals surface area contributed by atoms with Crippen LogP contribution in [0.1, 0.15) is 17.2 Å². The Morgan fingerprint density at radius 2 is 1.90 bits per heavy atom. The molecule has 6 heteroatoms. The molecule has 2 rings (SSSR count). The van der Waals surface area contributed by atoms with E-state index in [0.29, 0.717) is 11.1 Å². The summed E-state index contributed by atoms with van der Waals surface area (Å²) in [5.41, 5.74) is 0.972. The number of benzene rings is 2. The minimum absolute atomic E-state index is 0.0354. The second-order valence-electron chi connectivity index (χ2n) is 4.41. The molecule has 0 saturated carbocycles. The minimum Gasteiger partial charge on any atom is -0.435 e. The van der Waals surface area contributed by atoms with Gasteiger partial charge in [0.05, 0.1) is 6.10 Å². The molecule has 2 aromatic rings. The van der Waals surface area contributed by atoms with Gasteiger partial charge < -0.3 is 9.84 Å². The molecule has 0 amide bonds. The monoisotopic (exact) mass is 316 g/mol. The minimum atomic E-state index is -2.93. The highest BCUT2D eigenvalue weighted by Gasteiger charge is 2.13. The third kappa shape index (κ3) is 4.37. The van der Waals surface area contributed by atoms with E-state index in [9.17, 15) is 18.3 Å². The first-order valence-corrected chi connectivity index (χ1v) is 6.50. The van der Waals surface area contributed by atoms with Crippen molar-refractivity contribution in [3.05, 3.63) is 64.4 Å². The summed E-state index contributed by atoms with van der Waals surface area (Å²) in [5, 5.41) is 10.3. The fourth-order valence-electron chi connectivity index (χ4n) is 1.91. The normalized spacial score (nSPS) is 12.5. The largest absolute Gasteiger partial charge is 0.435 e. The Kier molecular flexibility index (Phi) is 5.09. The summed E-state index contributed by atoms with van der Waals surface area (Å²) < 4.78 is 41.5. The average molecular weight is 317 g/mol. The van der Waals surface area contributed by atoms with Gasteiger partial charge in [0.1, 0.15) is 11.6 Å². The molecule has 0 bridgehead atoms. The molecule has 2 aromatic carbocycles. The van der Waals surface area contributed by atoms with Crippen LogP contribution in [0.5, 0.6) is 5.75 Å². The number of aliphatic hydroxyl groups is 1. The highest BCUT2D eigenvalue weighted by molar-refractivity contribution is 6.31. The SMILES string of the molecule is OC(Cc1ccc(F)cc1Cl)c1cccc(OC(F)F)c1. The fourth-order valence-corrected chi connectivity index (χ4v) is 2.16. The van der Waals surface area contributed by atoms with E-state index in [1.807, 2.05) is 0 Å². The van der Waals surface area contributed by atoms with Crippen LogP contribution in [0, 0.1) is 5.82 Å². The maximum absolute atomic E-state index is 12.9. The van der Waals surface area contributed by atoms with E-state index >= 15 is 0 Å². The first kappa shape index (κ1) is 15.7. The molecule has 0 heterocycles. The molecule has 0 radical (unpaired) electrons. The number of aliphatic hydroxyl groups excluding tert-OH is 1. The van der Waals surface area contributed by atoms with E-state index in [1.165, 1.54) is 30.3 Å². The topological polar surface area (TPSA) is 29.5 Å². The Bertz CT molecular complexity index is 620. The lowest BCUT2D eigenvalue weighted by atomic mass is 10.0. The zero-order valence-corrected chi connectivity index (χ0v) is 11.5. The Morgan fingerprint density at radius 1 is 1.14 bits per heavy atom. The smallest absolute Gasteiger partial charge is 0.387 e. The van der Waals surface area contributed by atoms with E-state index < -0.39 is 18.5 Å². The van der Waals surface area contributed by atoms with Gasteiger partial charge in [0, 0.05) is 11.4 Å². The molecular formula is C15H12ClF3O2. The zero-order valence-electron chi connectivity index (χ0n) is 10.8. The lowest BCUT2D eigenvalue weighted by molar-refractivity contribution is -0.0499. The van der Waals surface area contributed by atoms with Gasteiger partial charge in [-0.1, -0.05) is 29.8 Å². The zero-order chi connectivity index (χ0) is 15.4. The van der Waals surface area contributed by atoms with Crippen molar-refractivity contribution in [3.8, 4) is 5.75 Å². The molecule has 0 saturated heterocycles. The van der Waals surface area contributed by atoms with Crippen molar-refractivity contribution in [2.75, 3.05) is 0 Å². The fraction of sp³-hybridized carbons (Fsp3) is 0.200. The van der Waals surface area contributed by atoms with Crippen LogP contribution in [0.4, 0.5) is 13.2 Å². The quantitative estimate of drug-likeness (QED) is 0.888. The summed E-state index contributed by atoms with van der Waals surface area (Å²) in [7, 11) is 0. The molecule has 0 fully saturated rings. The second kappa shape index (κ2) is 6.83. The molecule has 112 valence electrons. The number of hydrogen-bond acceptors (Lipinski definition) is 2. The van der Waals surface area contributed by atoms with Crippen LogP contribution < -0.4 is 4.74 Å². The van der Waals surface area contributed by atoms with Crippen LogP contribution in [-0.4, -0.2) is 11.7 Å². The van der Waals surface area contributed by atoms with Gasteiger partial charge in [0.15, 0.2) is 0 Å². The van der Waals surface area contributed by atoms with Crippen LogP contribution in [0.25, 0.3) is 0 Å². The van der Waals surface area contributed by atoms with E-state index in [0.717, 1.165) is 6.07 Å². The molecule has 1 N–H and O–H groups in total. The number of halogens is 4. The Morgan fingerprint density at radius 3 is 2.57 bits per heavy atom. The maximum Gasteiger partial charge on any atom is 0.387 e. The van der Waals surface area contributed by atoms with Gasteiger partial charge in [0.25, 0.3) is 0 Å². The second-order valence-corrected chi connectivity index (χ2v) is 4.81. The molecule has 0 aliphatic rings. The van der Waals surface area contributed by atoms with Crippen molar-refractivity contribution < 1.29 is 23.0 Å². The van der Waals surface area contributed by atoms with E-state index in [4.69, 9.17) is 11.6 Å². The summed E-state index contributed by atoms with van der Waals surface area (Å²) in [6, 6.07) is 9.65. The number of rotatable bonds is 5. The van der Waals surface area contributed by atoms with Crippen molar-refractivity contribution >= 4 is 11.6 Å². The van der Waals surface area contributed by atoms with Crippen LogP contribution in [0.15, 0.2) is 42.5 Å². The van der Waals surface area contributed by atoms with Crippen molar-refractivity contribution in [3.63, 3.8) is 0 Å². The van der Waals surface area contributed by atoms with Crippen LogP contribution in [0.2, 0.25) is 5.02 Å². The Balaban J connectivity index is 2.14. The third-order valence-corrected chi connectivity index (χ3v) is 3.25. The number of ether oxygens (including phenoxy) is 1. The van der Waals surface area contributed by atoms with Crippen molar-refractivity contribution in [2.24, 2.45) is 0 Å². The molecule has 0 aliphatic heterocycles. The van der Waals surface area contributed by atoms with Gasteiger partial charge in [-0.3, -0.25) is 0 Å². The maximum atomic E-state index is 12.9. The predicted octanol–water partition coefficient (Wildman–Crippen LogP) is 4.36. The Hall–Kier alpha value is -1.72. The summed E-state index contributed by atoms with van der Waals surface area (Å²) in [6.45, 7) is -2.93. The van der Waals surface area contributed by atoms with Gasteiger partial charge in [-0.25, -0.2) is 4.39 Å². The molecule has 0 aliphatic carbocycles. The van der Waals surface area contributed by atoms with Crippen LogP contribution in [-0.2, 0) is 6.42 Å². The molecule has 0 aromatic heterocycles. The van der Waals surface area contributed by atoms with Crippen LogP contribution >= 0.6 is 11.6 Å². The molecule has 2 nitrogen and oxygen atoms in total. The average Bonchev–Trinajstić information content (AvgIpc) is 2.41. The van der Waals surface area contributed by atoms with Crippen molar-refractivity contribution in [2.45, 2.75) is 19.1 Å². The summed E-state index contributed by atoms with van der Waals surface area (Å²) in [4.78, 5) is 0. The highest BCUT2D eigenvalue weighted by atomic mass is 35.5. The standard InChI is InChI=1S/C15H12ClF3O2/c16-13-8-11(17)5-4-9(13)7-14(20)10-2-1-3-12(6-10)21-15(18)19/h1-6,8,14-15,20H,7H2. The third-order valence-electron chi connectivity index (χ3n) is 2.90. The van der Waals surface area contributed by atoms with E-state index in [1.54, 1.807) is 6.07 Å². The van der Waals surface area contributed by atoms with Gasteiger partial charge in [-0.2, -0.15) is 8.78 Å². The summed E-state index contributed by atoms with van der Waals surface area (Å²) in [6.07, 6.45) is -0.828. The first-order valence-electron chi connectivity index (χ1n) is 6.12. The lowest BCUT2D eigenvalue weighted by Gasteiger charge is -2.13. The molecule has 21 heavy (non-hydrogen) atoms. The van der Waals surface area contributed by atoms with E-state index in [2.05, 4.69) is 4.74 Å². The lowest BCUT2D eigenvalue weighted by Crippen LogP contribution is -2.05. The summed E-state index contributed by atoms with van der Waals surface area (Å²) in [5.74, 6) is -0.502. The number of hydrogen-bond donors (Lipinski definition) is 1. The van der Waals surface area contributed by atoms with Gasteiger partial charge >= 0.3 is 6.61 Å². The highest BCUT2D eigenvalue weighted by Crippen LogP contribution is 2.26.